The first-order chi connectivity index (χ1) is 4.22. The highest BCUT2D eigenvalue weighted by Gasteiger charge is 2.28. The van der Waals surface area contributed by atoms with Crippen molar-refractivity contribution in [3.63, 3.8) is 0 Å². The molecule has 1 aliphatic carbocycles. The largest absolute Gasteiger partial charge is 0.481 e. The number of rotatable bonds is 1. The number of carboxylic acids is 1. The molecule has 0 unspecified atom stereocenters. The molecule has 3 N–H and O–H groups in total. The number of nitrogens with two attached hydrogens (primary N) is 1. The van der Waals surface area contributed by atoms with E-state index in [0.717, 1.165) is 19.4 Å². The molecule has 0 radical (unpaired) electrons. The van der Waals surface area contributed by atoms with E-state index in [2.05, 4.69) is 0 Å². The van der Waals surface area contributed by atoms with Gasteiger partial charge < -0.3 is 10.8 Å². The molecular weight excluding hydrogens is 118 g/mol. The average Bonchev–Trinajstić information content (AvgIpc) is 2.44. The Hall–Kier alpha value is -0.570. The molecule has 3 heteroatoms. The van der Waals surface area contributed by atoms with Crippen molar-refractivity contribution in [1.29, 1.82) is 0 Å². The van der Waals surface area contributed by atoms with Crippen LogP contribution in [0.15, 0.2) is 0 Å². The van der Waals surface area contributed by atoms with Crippen molar-refractivity contribution in [2.45, 2.75) is 19.8 Å². The minimum Gasteiger partial charge on any atom is -0.481 e. The SMILES string of the molecule is CCN.O=C(O)C1CC1. The summed E-state index contributed by atoms with van der Waals surface area (Å²) in [6.45, 7) is 2.65. The average molecular weight is 131 g/mol. The zero-order chi connectivity index (χ0) is 7.28. The van der Waals surface area contributed by atoms with Gasteiger partial charge in [0.15, 0.2) is 0 Å². The summed E-state index contributed by atoms with van der Waals surface area (Å²) in [7, 11) is 0. The number of carbonyl (C=O) groups is 1. The van der Waals surface area contributed by atoms with Gasteiger partial charge in [0.25, 0.3) is 0 Å². The summed E-state index contributed by atoms with van der Waals surface area (Å²) < 4.78 is 0. The summed E-state index contributed by atoms with van der Waals surface area (Å²) in [6.07, 6.45) is 1.80. The molecule has 0 spiro atoms. The van der Waals surface area contributed by atoms with Gasteiger partial charge in [0.05, 0.1) is 5.92 Å². The quantitative estimate of drug-likeness (QED) is 0.543. The van der Waals surface area contributed by atoms with Crippen LogP contribution in [0, 0.1) is 5.92 Å². The molecule has 0 aromatic heterocycles. The smallest absolute Gasteiger partial charge is 0.306 e. The van der Waals surface area contributed by atoms with Crippen molar-refractivity contribution in [2.75, 3.05) is 6.54 Å². The molecule has 1 rings (SSSR count). The van der Waals surface area contributed by atoms with Gasteiger partial charge >= 0.3 is 5.97 Å². The molecule has 0 saturated heterocycles. The summed E-state index contributed by atoms with van der Waals surface area (Å²) in [6, 6.07) is 0. The van der Waals surface area contributed by atoms with E-state index in [1.165, 1.54) is 0 Å². The van der Waals surface area contributed by atoms with Crippen molar-refractivity contribution < 1.29 is 9.90 Å². The Morgan fingerprint density at radius 3 is 2.11 bits per heavy atom. The first-order valence-electron chi connectivity index (χ1n) is 3.15. The Kier molecular flexibility index (Phi) is 4.05. The van der Waals surface area contributed by atoms with Crippen molar-refractivity contribution >= 4 is 5.97 Å². The van der Waals surface area contributed by atoms with Crippen LogP contribution in [0.25, 0.3) is 0 Å². The van der Waals surface area contributed by atoms with E-state index in [0.29, 0.717) is 0 Å². The molecule has 1 fully saturated rings. The molecule has 3 nitrogen and oxygen atoms in total. The molecule has 0 aromatic rings. The minimum atomic E-state index is -0.630. The predicted octanol–water partition coefficient (Wildman–Crippen LogP) is 0.446. The highest BCUT2D eigenvalue weighted by Crippen LogP contribution is 2.28. The van der Waals surface area contributed by atoms with Crippen LogP contribution in [-0.4, -0.2) is 17.6 Å². The van der Waals surface area contributed by atoms with Gasteiger partial charge in [-0.15, -0.1) is 0 Å². The van der Waals surface area contributed by atoms with E-state index < -0.39 is 5.97 Å². The lowest BCUT2D eigenvalue weighted by Crippen LogP contribution is -1.94. The Balaban J connectivity index is 0.000000187. The Bertz CT molecular complexity index is 89.1. The lowest BCUT2D eigenvalue weighted by molar-refractivity contribution is -0.138. The number of hydrogen-bond acceptors (Lipinski definition) is 2. The first-order valence-corrected chi connectivity index (χ1v) is 3.15. The Labute approximate surface area is 54.9 Å². The molecule has 0 amide bonds. The predicted molar refractivity (Wildman–Crippen MR) is 35.1 cm³/mol. The highest BCUT2D eigenvalue weighted by atomic mass is 16.4. The van der Waals surface area contributed by atoms with Crippen LogP contribution < -0.4 is 5.73 Å². The molecule has 0 heterocycles. The fourth-order valence-electron chi connectivity index (χ4n) is 0.330. The fourth-order valence-corrected chi connectivity index (χ4v) is 0.330. The molecular formula is C6H13NO2. The Morgan fingerprint density at radius 2 is 2.11 bits per heavy atom. The van der Waals surface area contributed by atoms with Gasteiger partial charge in [0.1, 0.15) is 0 Å². The van der Waals surface area contributed by atoms with Crippen molar-refractivity contribution in [2.24, 2.45) is 11.7 Å². The molecule has 1 saturated carbocycles. The van der Waals surface area contributed by atoms with Crippen LogP contribution in [0.1, 0.15) is 19.8 Å². The van der Waals surface area contributed by atoms with Gasteiger partial charge in [-0.3, -0.25) is 4.79 Å². The van der Waals surface area contributed by atoms with E-state index in [1.54, 1.807) is 0 Å². The zero-order valence-corrected chi connectivity index (χ0v) is 5.63. The standard InChI is InChI=1S/C4H6O2.C2H7N/c5-4(6)3-1-2-3;1-2-3/h3H,1-2H2,(H,5,6);2-3H2,1H3. The second-order valence-electron chi connectivity index (χ2n) is 2.02. The fraction of sp³-hybridized carbons (Fsp3) is 0.833. The van der Waals surface area contributed by atoms with Crippen molar-refractivity contribution in [1.82, 2.24) is 0 Å². The summed E-state index contributed by atoms with van der Waals surface area (Å²) in [5, 5.41) is 8.05. The molecule has 54 valence electrons. The maximum absolute atomic E-state index is 9.76. The first kappa shape index (κ1) is 8.43. The molecule has 9 heavy (non-hydrogen) atoms. The summed E-state index contributed by atoms with van der Waals surface area (Å²) in [5.41, 5.74) is 4.85. The summed E-state index contributed by atoms with van der Waals surface area (Å²) in [4.78, 5) is 9.76. The van der Waals surface area contributed by atoms with Gasteiger partial charge in [-0.1, -0.05) is 6.92 Å². The highest BCUT2D eigenvalue weighted by molar-refractivity contribution is 5.72. The number of carboxylic acid groups (broad SMARTS) is 1. The van der Waals surface area contributed by atoms with Gasteiger partial charge in [-0.2, -0.15) is 0 Å². The second-order valence-corrected chi connectivity index (χ2v) is 2.02. The van der Waals surface area contributed by atoms with Crippen LogP contribution in [0.4, 0.5) is 0 Å². The molecule has 0 bridgehead atoms. The summed E-state index contributed by atoms with van der Waals surface area (Å²) >= 11 is 0. The van der Waals surface area contributed by atoms with E-state index in [1.807, 2.05) is 6.92 Å². The maximum atomic E-state index is 9.76. The van der Waals surface area contributed by atoms with Gasteiger partial charge in [0.2, 0.25) is 0 Å². The summed E-state index contributed by atoms with van der Waals surface area (Å²) in [5.74, 6) is -0.611. The molecule has 1 aliphatic rings. The van der Waals surface area contributed by atoms with Crippen LogP contribution in [-0.2, 0) is 4.79 Å². The third-order valence-corrected chi connectivity index (χ3v) is 0.927. The normalized spacial score (nSPS) is 15.8. The lowest BCUT2D eigenvalue weighted by Gasteiger charge is -1.75. The monoisotopic (exact) mass is 131 g/mol. The molecule has 0 aromatic carbocycles. The minimum absolute atomic E-state index is 0.0185. The molecule has 0 aliphatic heterocycles. The van der Waals surface area contributed by atoms with Crippen LogP contribution in [0.5, 0.6) is 0 Å². The Morgan fingerprint density at radius 1 is 1.78 bits per heavy atom. The second kappa shape index (κ2) is 4.32. The van der Waals surface area contributed by atoms with E-state index >= 15 is 0 Å². The number of hydrogen-bond donors (Lipinski definition) is 2. The van der Waals surface area contributed by atoms with Gasteiger partial charge in [-0.25, -0.2) is 0 Å². The number of aliphatic carboxylic acids is 1. The van der Waals surface area contributed by atoms with E-state index in [9.17, 15) is 4.79 Å². The van der Waals surface area contributed by atoms with Crippen LogP contribution in [0.3, 0.4) is 0 Å². The third kappa shape index (κ3) is 5.30. The van der Waals surface area contributed by atoms with Crippen molar-refractivity contribution in [3.8, 4) is 0 Å². The van der Waals surface area contributed by atoms with Crippen molar-refractivity contribution in [3.05, 3.63) is 0 Å². The van der Waals surface area contributed by atoms with E-state index in [-0.39, 0.29) is 5.92 Å². The maximum Gasteiger partial charge on any atom is 0.306 e. The lowest BCUT2D eigenvalue weighted by atomic mass is 10.5. The molecule has 0 atom stereocenters. The van der Waals surface area contributed by atoms with E-state index in [4.69, 9.17) is 10.8 Å². The van der Waals surface area contributed by atoms with Gasteiger partial charge in [0, 0.05) is 0 Å². The van der Waals surface area contributed by atoms with Crippen LogP contribution >= 0.6 is 0 Å². The topological polar surface area (TPSA) is 63.3 Å². The van der Waals surface area contributed by atoms with Gasteiger partial charge in [-0.05, 0) is 19.4 Å². The zero-order valence-electron chi connectivity index (χ0n) is 5.63. The van der Waals surface area contributed by atoms with Crippen LogP contribution in [0.2, 0.25) is 0 Å². The third-order valence-electron chi connectivity index (χ3n) is 0.927.